The molecule has 102 valence electrons. The van der Waals surface area contributed by atoms with Crippen LogP contribution in [-0.4, -0.2) is 0 Å². The number of fused-ring (bicyclic) bond motifs is 5. The molecule has 0 fully saturated rings. The predicted octanol–water partition coefficient (Wildman–Crippen LogP) is 7.55. The molecule has 4 heteroatoms. The minimum Gasteiger partial charge on any atom is -0.141 e. The van der Waals surface area contributed by atoms with E-state index in [1.807, 2.05) is 34.0 Å². The van der Waals surface area contributed by atoms with E-state index in [4.69, 9.17) is 0 Å². The number of hydrogen-bond acceptors (Lipinski definition) is 3. The van der Waals surface area contributed by atoms with Crippen LogP contribution < -0.4 is 0 Å². The predicted molar refractivity (Wildman–Crippen MR) is 103 cm³/mol. The smallest absolute Gasteiger partial charge is 0.0711 e. The molecule has 0 aliphatic rings. The van der Waals surface area contributed by atoms with E-state index in [0.717, 1.165) is 0 Å². The van der Waals surface area contributed by atoms with Crippen molar-refractivity contribution in [2.75, 3.05) is 0 Å². The lowest BCUT2D eigenvalue weighted by Gasteiger charge is -1.94. The second-order valence-electron chi connectivity index (χ2n) is 5.28. The Morgan fingerprint density at radius 1 is 0.667 bits per heavy atom. The fourth-order valence-corrected chi connectivity index (χ4v) is 6.63. The van der Waals surface area contributed by atoms with Crippen LogP contribution in [0.5, 0.6) is 0 Å². The number of thiophene rings is 3. The third kappa shape index (κ3) is 1.83. The highest BCUT2D eigenvalue weighted by Crippen LogP contribution is 2.42. The van der Waals surface area contributed by atoms with Gasteiger partial charge in [-0.3, -0.25) is 0 Å². The summed E-state index contributed by atoms with van der Waals surface area (Å²) in [5, 5.41) is 5.50. The van der Waals surface area contributed by atoms with Gasteiger partial charge >= 0.3 is 0 Å². The average Bonchev–Trinajstić information content (AvgIpc) is 3.05. The molecule has 0 bridgehead atoms. The molecule has 0 unspecified atom stereocenters. The van der Waals surface area contributed by atoms with E-state index in [1.165, 1.54) is 49.0 Å². The van der Waals surface area contributed by atoms with Crippen LogP contribution in [0.4, 0.5) is 0 Å². The van der Waals surface area contributed by atoms with Crippen molar-refractivity contribution in [3.8, 4) is 0 Å². The molecule has 0 N–H and O–H groups in total. The van der Waals surface area contributed by atoms with E-state index in [2.05, 4.69) is 59.3 Å². The van der Waals surface area contributed by atoms with Crippen molar-refractivity contribution in [2.45, 2.75) is 6.92 Å². The third-order valence-electron chi connectivity index (χ3n) is 3.84. The summed E-state index contributed by atoms with van der Waals surface area (Å²) in [6, 6.07) is 13.9. The van der Waals surface area contributed by atoms with Gasteiger partial charge in [-0.2, -0.15) is 0 Å². The molecule has 3 aromatic heterocycles. The van der Waals surface area contributed by atoms with Gasteiger partial charge in [-0.05, 0) is 70.0 Å². The Labute approximate surface area is 141 Å². The highest BCUT2D eigenvalue weighted by atomic mass is 79.9. The summed E-state index contributed by atoms with van der Waals surface area (Å²) < 4.78 is 6.74. The molecule has 3 heterocycles. The van der Waals surface area contributed by atoms with E-state index < -0.39 is 0 Å². The number of halogens is 1. The van der Waals surface area contributed by atoms with Crippen molar-refractivity contribution < 1.29 is 0 Å². The van der Waals surface area contributed by atoms with E-state index in [1.54, 1.807) is 0 Å². The van der Waals surface area contributed by atoms with Crippen LogP contribution in [0.25, 0.3) is 40.3 Å². The summed E-state index contributed by atoms with van der Waals surface area (Å²) in [6.07, 6.45) is 0. The Balaban J connectivity index is 1.97. The van der Waals surface area contributed by atoms with Gasteiger partial charge in [0.1, 0.15) is 0 Å². The molecule has 5 aromatic rings. The monoisotopic (exact) mass is 388 g/mol. The van der Waals surface area contributed by atoms with Crippen LogP contribution in [-0.2, 0) is 0 Å². The molecule has 0 saturated carbocycles. The SMILES string of the molecule is Cc1cc2cc3sc4cc5cc(Br)sc5cc4c3cc2s1. The fraction of sp³-hybridized carbons (Fsp3) is 0.0588. The van der Waals surface area contributed by atoms with Crippen LogP contribution >= 0.6 is 49.9 Å². The number of benzene rings is 2. The topological polar surface area (TPSA) is 0 Å². The molecule has 2 aromatic carbocycles. The molecule has 0 radical (unpaired) electrons. The molecule has 0 saturated heterocycles. The minimum absolute atomic E-state index is 1.20. The Kier molecular flexibility index (Phi) is 2.57. The quantitative estimate of drug-likeness (QED) is 0.256. The van der Waals surface area contributed by atoms with E-state index in [0.29, 0.717) is 0 Å². The van der Waals surface area contributed by atoms with Crippen molar-refractivity contribution in [1.82, 2.24) is 0 Å². The average molecular weight is 389 g/mol. The highest BCUT2D eigenvalue weighted by molar-refractivity contribution is 9.11. The lowest BCUT2D eigenvalue weighted by Crippen LogP contribution is -1.67. The number of aryl methyl sites for hydroxylation is 1. The van der Waals surface area contributed by atoms with Gasteiger partial charge in [0.2, 0.25) is 0 Å². The van der Waals surface area contributed by atoms with Crippen molar-refractivity contribution in [2.24, 2.45) is 0 Å². The standard InChI is InChI=1S/C17H9BrS3/c1-8-2-9-3-15-11(6-13(9)19-8)12-7-14-10(4-16(12)20-15)5-17(18)21-14/h2-7H,1H3. The summed E-state index contributed by atoms with van der Waals surface area (Å²) >= 11 is 9.19. The summed E-state index contributed by atoms with van der Waals surface area (Å²) in [7, 11) is 0. The van der Waals surface area contributed by atoms with E-state index >= 15 is 0 Å². The first-order chi connectivity index (χ1) is 10.2. The Hall–Kier alpha value is -0.940. The minimum atomic E-state index is 1.20. The Bertz CT molecular complexity index is 1070. The molecule has 0 amide bonds. The van der Waals surface area contributed by atoms with Gasteiger partial charge in [-0.1, -0.05) is 0 Å². The molecule has 0 spiro atoms. The van der Waals surface area contributed by atoms with Crippen molar-refractivity contribution in [1.29, 1.82) is 0 Å². The van der Waals surface area contributed by atoms with Gasteiger partial charge in [0.15, 0.2) is 0 Å². The van der Waals surface area contributed by atoms with Crippen molar-refractivity contribution in [3.63, 3.8) is 0 Å². The molecule has 5 rings (SSSR count). The zero-order valence-corrected chi connectivity index (χ0v) is 15.1. The van der Waals surface area contributed by atoms with Gasteiger partial charge in [0.05, 0.1) is 3.79 Å². The Morgan fingerprint density at radius 3 is 2.00 bits per heavy atom. The van der Waals surface area contributed by atoms with Crippen LogP contribution in [0, 0.1) is 6.92 Å². The number of hydrogen-bond donors (Lipinski definition) is 0. The van der Waals surface area contributed by atoms with Gasteiger partial charge in [0, 0.05) is 34.4 Å². The second kappa shape index (κ2) is 4.29. The van der Waals surface area contributed by atoms with Gasteiger partial charge < -0.3 is 0 Å². The van der Waals surface area contributed by atoms with Crippen LogP contribution in [0.1, 0.15) is 4.88 Å². The normalized spacial score (nSPS) is 12.3. The Morgan fingerprint density at radius 2 is 1.29 bits per heavy atom. The zero-order valence-electron chi connectivity index (χ0n) is 11.1. The van der Waals surface area contributed by atoms with Gasteiger partial charge in [-0.25, -0.2) is 0 Å². The summed E-state index contributed by atoms with van der Waals surface area (Å²) in [5.74, 6) is 0. The first-order valence-electron chi connectivity index (χ1n) is 6.63. The number of rotatable bonds is 0. The summed E-state index contributed by atoms with van der Waals surface area (Å²) in [6.45, 7) is 2.18. The molecule has 0 aliphatic heterocycles. The summed E-state index contributed by atoms with van der Waals surface area (Å²) in [5.41, 5.74) is 0. The summed E-state index contributed by atoms with van der Waals surface area (Å²) in [4.78, 5) is 1.39. The fourth-order valence-electron chi connectivity index (χ4n) is 2.94. The molecule has 0 aliphatic carbocycles. The lowest BCUT2D eigenvalue weighted by molar-refractivity contribution is 1.66. The molecule has 0 nitrogen and oxygen atoms in total. The maximum absolute atomic E-state index is 3.59. The van der Waals surface area contributed by atoms with Gasteiger partial charge in [-0.15, -0.1) is 34.0 Å². The van der Waals surface area contributed by atoms with E-state index in [9.17, 15) is 0 Å². The highest BCUT2D eigenvalue weighted by Gasteiger charge is 2.10. The van der Waals surface area contributed by atoms with Crippen LogP contribution in [0.2, 0.25) is 0 Å². The van der Waals surface area contributed by atoms with Crippen LogP contribution in [0.3, 0.4) is 0 Å². The van der Waals surface area contributed by atoms with Crippen molar-refractivity contribution >= 4 is 90.3 Å². The zero-order chi connectivity index (χ0) is 14.1. The van der Waals surface area contributed by atoms with Crippen LogP contribution in [0.15, 0.2) is 40.2 Å². The molecule has 21 heavy (non-hydrogen) atoms. The molecular weight excluding hydrogens is 380 g/mol. The lowest BCUT2D eigenvalue weighted by atomic mass is 10.1. The second-order valence-corrected chi connectivity index (χ2v) is 10.1. The largest absolute Gasteiger partial charge is 0.141 e. The maximum atomic E-state index is 3.59. The molecular formula is C17H9BrS3. The third-order valence-corrected chi connectivity index (χ3v) is 7.57. The van der Waals surface area contributed by atoms with Gasteiger partial charge in [0.25, 0.3) is 0 Å². The molecule has 0 atom stereocenters. The maximum Gasteiger partial charge on any atom is 0.0711 e. The first-order valence-corrected chi connectivity index (χ1v) is 9.87. The first kappa shape index (κ1) is 12.6. The van der Waals surface area contributed by atoms with Crippen molar-refractivity contribution in [3.05, 3.63) is 45.1 Å². The van der Waals surface area contributed by atoms with E-state index in [-0.39, 0.29) is 0 Å².